The van der Waals surface area contributed by atoms with Gasteiger partial charge in [0.15, 0.2) is 0 Å². The molecule has 2 N–H and O–H groups in total. The summed E-state index contributed by atoms with van der Waals surface area (Å²) in [6.45, 7) is 8.39. The van der Waals surface area contributed by atoms with Gasteiger partial charge in [0.05, 0.1) is 14.1 Å². The second kappa shape index (κ2) is 13.0. The average Bonchev–Trinajstić information content (AvgIpc) is 3.37. The molecule has 2 aliphatic rings. The molecule has 3 amide bonds. The lowest BCUT2D eigenvalue weighted by molar-refractivity contribution is -0.134. The van der Waals surface area contributed by atoms with Crippen molar-refractivity contribution in [3.05, 3.63) is 45.1 Å². The lowest BCUT2D eigenvalue weighted by atomic mass is 10.1. The van der Waals surface area contributed by atoms with E-state index < -0.39 is 27.9 Å². The Balaban J connectivity index is 1.57. The summed E-state index contributed by atoms with van der Waals surface area (Å²) in [5.41, 5.74) is 0.974. The molecule has 4 rings (SSSR count). The standard InChI is InChI=1S/C27H36ClN5O5S2/c1-18(2)31-13-15-32(16-14-31)27(36)20(17-29-26(35)22-10-11-24(28)39-22)30-40(37,38)23-8-6-7-21(19(23)3)33-12-5-4-9-25(33)34/h6-8,10-11,18,20,30H,4-5,9,12-17H2,1-3H3,(H,29,35)/t20-/m0/s1. The van der Waals surface area contributed by atoms with Gasteiger partial charge in [0.25, 0.3) is 5.91 Å². The van der Waals surface area contributed by atoms with E-state index in [1.54, 1.807) is 41.0 Å². The molecule has 2 fully saturated rings. The molecule has 0 bridgehead atoms. The fourth-order valence-electron chi connectivity index (χ4n) is 5.07. The highest BCUT2D eigenvalue weighted by atomic mass is 35.5. The van der Waals surface area contributed by atoms with Crippen molar-refractivity contribution in [2.45, 2.75) is 57.0 Å². The van der Waals surface area contributed by atoms with Gasteiger partial charge in [0.1, 0.15) is 6.04 Å². The van der Waals surface area contributed by atoms with Gasteiger partial charge in [-0.3, -0.25) is 19.3 Å². The third-order valence-electron chi connectivity index (χ3n) is 7.37. The zero-order valence-electron chi connectivity index (χ0n) is 23.0. The second-order valence-corrected chi connectivity index (χ2v) is 13.7. The molecule has 2 saturated heterocycles. The molecular weight excluding hydrogens is 574 g/mol. The molecule has 0 spiro atoms. The van der Waals surface area contributed by atoms with E-state index in [0.717, 1.165) is 24.2 Å². The maximum Gasteiger partial charge on any atom is 0.261 e. The second-order valence-electron chi connectivity index (χ2n) is 10.3. The van der Waals surface area contributed by atoms with Gasteiger partial charge in [-0.05, 0) is 63.4 Å². The molecule has 1 aromatic carbocycles. The zero-order valence-corrected chi connectivity index (χ0v) is 25.4. The summed E-state index contributed by atoms with van der Waals surface area (Å²) < 4.78 is 30.4. The van der Waals surface area contributed by atoms with Gasteiger partial charge < -0.3 is 15.1 Å². The number of benzene rings is 1. The molecule has 1 atom stereocenters. The van der Waals surface area contributed by atoms with Crippen LogP contribution in [0.3, 0.4) is 0 Å². The molecule has 3 heterocycles. The number of hydrogen-bond donors (Lipinski definition) is 2. The van der Waals surface area contributed by atoms with Gasteiger partial charge in [-0.25, -0.2) is 8.42 Å². The number of carbonyl (C=O) groups is 3. The molecule has 10 nitrogen and oxygen atoms in total. The highest BCUT2D eigenvalue weighted by Gasteiger charge is 2.33. The van der Waals surface area contributed by atoms with E-state index in [0.29, 0.717) is 65.7 Å². The normalized spacial score (nSPS) is 17.8. The SMILES string of the molecule is Cc1c(N2CCCCC2=O)cccc1S(=O)(=O)N[C@@H](CNC(=O)c1ccc(Cl)s1)C(=O)N1CCN(C(C)C)CC1. The van der Waals surface area contributed by atoms with Crippen LogP contribution in [0.2, 0.25) is 4.34 Å². The minimum absolute atomic E-state index is 0.0119. The van der Waals surface area contributed by atoms with E-state index in [1.807, 2.05) is 0 Å². The highest BCUT2D eigenvalue weighted by Crippen LogP contribution is 2.29. The van der Waals surface area contributed by atoms with Crippen LogP contribution in [0, 0.1) is 6.92 Å². The average molecular weight is 610 g/mol. The first-order valence-corrected chi connectivity index (χ1v) is 16.1. The van der Waals surface area contributed by atoms with Crippen molar-refractivity contribution < 1.29 is 22.8 Å². The molecule has 13 heteroatoms. The van der Waals surface area contributed by atoms with Crippen molar-refractivity contribution >= 4 is 56.4 Å². The first kappa shape index (κ1) is 30.4. The fourth-order valence-corrected chi connectivity index (χ4v) is 7.48. The van der Waals surface area contributed by atoms with Crippen molar-refractivity contribution in [3.63, 3.8) is 0 Å². The summed E-state index contributed by atoms with van der Waals surface area (Å²) in [5.74, 6) is -0.890. The number of rotatable bonds is 9. The fraction of sp³-hybridized carbons (Fsp3) is 0.519. The molecule has 2 aliphatic heterocycles. The predicted molar refractivity (Wildman–Crippen MR) is 156 cm³/mol. The lowest BCUT2D eigenvalue weighted by Gasteiger charge is -2.38. The van der Waals surface area contributed by atoms with Crippen LogP contribution in [0.5, 0.6) is 0 Å². The number of hydrogen-bond acceptors (Lipinski definition) is 7. The Bertz CT molecular complexity index is 1350. The van der Waals surface area contributed by atoms with Gasteiger partial charge in [0.2, 0.25) is 21.8 Å². The third kappa shape index (κ3) is 7.03. The Labute approximate surface area is 244 Å². The van der Waals surface area contributed by atoms with E-state index in [9.17, 15) is 22.8 Å². The molecular formula is C27H36ClN5O5S2. The van der Waals surface area contributed by atoms with Crippen LogP contribution in [0.4, 0.5) is 5.69 Å². The van der Waals surface area contributed by atoms with Crippen LogP contribution >= 0.6 is 22.9 Å². The minimum Gasteiger partial charge on any atom is -0.349 e. The van der Waals surface area contributed by atoms with Crippen LogP contribution < -0.4 is 14.9 Å². The van der Waals surface area contributed by atoms with Crippen LogP contribution in [0.25, 0.3) is 0 Å². The molecule has 40 heavy (non-hydrogen) atoms. The number of amides is 3. The number of sulfonamides is 1. The summed E-state index contributed by atoms with van der Waals surface area (Å²) in [6, 6.07) is 7.09. The monoisotopic (exact) mass is 609 g/mol. The minimum atomic E-state index is -4.20. The van der Waals surface area contributed by atoms with Crippen LogP contribution in [0.15, 0.2) is 35.2 Å². The zero-order chi connectivity index (χ0) is 29.0. The summed E-state index contributed by atoms with van der Waals surface area (Å²) >= 11 is 7.05. The van der Waals surface area contributed by atoms with Gasteiger partial charge in [-0.1, -0.05) is 17.7 Å². The summed E-state index contributed by atoms with van der Waals surface area (Å²) in [7, 11) is -4.20. The lowest BCUT2D eigenvalue weighted by Crippen LogP contribution is -2.58. The maximum atomic E-state index is 13.7. The van der Waals surface area contributed by atoms with Gasteiger partial charge in [-0.15, -0.1) is 11.3 Å². The number of thiophene rings is 1. The number of halogens is 1. The highest BCUT2D eigenvalue weighted by molar-refractivity contribution is 7.89. The van der Waals surface area contributed by atoms with E-state index >= 15 is 0 Å². The molecule has 218 valence electrons. The predicted octanol–water partition coefficient (Wildman–Crippen LogP) is 2.86. The van der Waals surface area contributed by atoms with Crippen molar-refractivity contribution in [1.82, 2.24) is 19.8 Å². The van der Waals surface area contributed by atoms with Crippen molar-refractivity contribution in [2.24, 2.45) is 0 Å². The number of anilines is 1. The topological polar surface area (TPSA) is 119 Å². The summed E-state index contributed by atoms with van der Waals surface area (Å²) in [4.78, 5) is 44.8. The Morgan fingerprint density at radius 3 is 2.40 bits per heavy atom. The third-order valence-corrected chi connectivity index (χ3v) is 10.2. The van der Waals surface area contributed by atoms with Gasteiger partial charge in [0, 0.05) is 57.4 Å². The quantitative estimate of drug-likeness (QED) is 0.451. The van der Waals surface area contributed by atoms with E-state index in [2.05, 4.69) is 28.8 Å². The molecule has 0 radical (unpaired) electrons. The summed E-state index contributed by atoms with van der Waals surface area (Å²) in [5, 5.41) is 2.69. The van der Waals surface area contributed by atoms with E-state index in [4.69, 9.17) is 11.6 Å². The first-order valence-electron chi connectivity index (χ1n) is 13.5. The Morgan fingerprint density at radius 2 is 1.77 bits per heavy atom. The molecule has 0 unspecified atom stereocenters. The van der Waals surface area contributed by atoms with Crippen LogP contribution in [0.1, 0.15) is 48.3 Å². The molecule has 1 aromatic heterocycles. The van der Waals surface area contributed by atoms with Gasteiger partial charge in [-0.2, -0.15) is 4.72 Å². The smallest absolute Gasteiger partial charge is 0.261 e. The van der Waals surface area contributed by atoms with Crippen molar-refractivity contribution in [3.8, 4) is 0 Å². The maximum absolute atomic E-state index is 13.7. The number of carbonyl (C=O) groups excluding carboxylic acids is 3. The van der Waals surface area contributed by atoms with E-state index in [1.165, 1.54) is 6.07 Å². The Morgan fingerprint density at radius 1 is 1.05 bits per heavy atom. The molecule has 2 aromatic rings. The Kier molecular flexibility index (Phi) is 9.89. The van der Waals surface area contributed by atoms with E-state index in [-0.39, 0.29) is 17.3 Å². The van der Waals surface area contributed by atoms with Crippen LogP contribution in [-0.4, -0.2) is 87.3 Å². The number of nitrogens with one attached hydrogen (secondary N) is 2. The first-order chi connectivity index (χ1) is 19.0. The molecule has 0 saturated carbocycles. The molecule has 0 aliphatic carbocycles. The Hall–Kier alpha value is -2.51. The number of nitrogens with zero attached hydrogens (tertiary/aromatic N) is 3. The van der Waals surface area contributed by atoms with Crippen LogP contribution in [-0.2, 0) is 19.6 Å². The van der Waals surface area contributed by atoms with Gasteiger partial charge >= 0.3 is 0 Å². The number of piperidine rings is 1. The van der Waals surface area contributed by atoms with Crippen molar-refractivity contribution in [2.75, 3.05) is 44.2 Å². The largest absolute Gasteiger partial charge is 0.349 e. The number of piperazine rings is 1. The van der Waals surface area contributed by atoms with Crippen molar-refractivity contribution in [1.29, 1.82) is 0 Å². The summed E-state index contributed by atoms with van der Waals surface area (Å²) in [6.07, 6.45) is 2.08.